The standard InChI is InChI=1S/C22H28N6O/c1-14-7-8-18(11-15(14)2)25-22(29)10-9-19-16(3)26-28(17(19)4)21-12-20(27(5)6)23-13-24-21/h7-8,11-13H,9-10H2,1-6H3,(H,25,29). The third kappa shape index (κ3) is 4.62. The van der Waals surface area contributed by atoms with Crippen LogP contribution in [0.15, 0.2) is 30.6 Å². The van der Waals surface area contributed by atoms with Crippen molar-refractivity contribution in [2.24, 2.45) is 0 Å². The third-order valence-electron chi connectivity index (χ3n) is 5.15. The minimum absolute atomic E-state index is 0.00302. The molecule has 1 aromatic carbocycles. The van der Waals surface area contributed by atoms with Crippen LogP contribution in [0.3, 0.4) is 0 Å². The van der Waals surface area contributed by atoms with Gasteiger partial charge in [-0.1, -0.05) is 6.07 Å². The summed E-state index contributed by atoms with van der Waals surface area (Å²) < 4.78 is 1.82. The molecule has 7 nitrogen and oxygen atoms in total. The Morgan fingerprint density at radius 2 is 1.83 bits per heavy atom. The molecule has 1 amide bonds. The number of hydrogen-bond acceptors (Lipinski definition) is 5. The number of nitrogens with one attached hydrogen (secondary N) is 1. The van der Waals surface area contributed by atoms with Crippen LogP contribution in [0.5, 0.6) is 0 Å². The Labute approximate surface area is 171 Å². The first-order valence-electron chi connectivity index (χ1n) is 9.68. The summed E-state index contributed by atoms with van der Waals surface area (Å²) in [7, 11) is 3.87. The maximum Gasteiger partial charge on any atom is 0.224 e. The molecule has 0 unspecified atom stereocenters. The molecule has 3 rings (SSSR count). The van der Waals surface area contributed by atoms with Crippen molar-refractivity contribution in [2.75, 3.05) is 24.3 Å². The van der Waals surface area contributed by atoms with E-state index >= 15 is 0 Å². The molecule has 0 fully saturated rings. The van der Waals surface area contributed by atoms with Crippen molar-refractivity contribution in [3.63, 3.8) is 0 Å². The summed E-state index contributed by atoms with van der Waals surface area (Å²) in [6.45, 7) is 8.08. The summed E-state index contributed by atoms with van der Waals surface area (Å²) in [4.78, 5) is 23.0. The van der Waals surface area contributed by atoms with E-state index in [1.807, 2.05) is 68.7 Å². The number of anilines is 2. The fourth-order valence-corrected chi connectivity index (χ4v) is 3.24. The molecule has 0 saturated carbocycles. The molecular weight excluding hydrogens is 364 g/mol. The number of carbonyl (C=O) groups excluding carboxylic acids is 1. The van der Waals surface area contributed by atoms with Crippen LogP contribution in [-0.4, -0.2) is 39.8 Å². The quantitative estimate of drug-likeness (QED) is 0.694. The van der Waals surface area contributed by atoms with Gasteiger partial charge in [-0.3, -0.25) is 4.79 Å². The van der Waals surface area contributed by atoms with Gasteiger partial charge in [0.25, 0.3) is 0 Å². The first kappa shape index (κ1) is 20.5. The van der Waals surface area contributed by atoms with Gasteiger partial charge in [-0.25, -0.2) is 14.6 Å². The van der Waals surface area contributed by atoms with Crippen molar-refractivity contribution in [3.05, 3.63) is 58.7 Å². The van der Waals surface area contributed by atoms with Gasteiger partial charge in [0.2, 0.25) is 5.91 Å². The lowest BCUT2D eigenvalue weighted by Crippen LogP contribution is -2.13. The molecule has 3 aromatic rings. The van der Waals surface area contributed by atoms with Crippen molar-refractivity contribution < 1.29 is 4.79 Å². The van der Waals surface area contributed by atoms with Crippen LogP contribution in [0.25, 0.3) is 5.82 Å². The lowest BCUT2D eigenvalue weighted by Gasteiger charge is -2.12. The fraction of sp³-hybridized carbons (Fsp3) is 0.364. The molecule has 7 heteroatoms. The Hall–Kier alpha value is -3.22. The second-order valence-electron chi connectivity index (χ2n) is 7.54. The zero-order chi connectivity index (χ0) is 21.1. The minimum Gasteiger partial charge on any atom is -0.363 e. The number of aromatic nitrogens is 4. The highest BCUT2D eigenvalue weighted by molar-refractivity contribution is 5.91. The molecule has 0 bridgehead atoms. The second-order valence-corrected chi connectivity index (χ2v) is 7.54. The van der Waals surface area contributed by atoms with Crippen LogP contribution in [0.2, 0.25) is 0 Å². The molecule has 0 aliphatic heterocycles. The van der Waals surface area contributed by atoms with E-state index in [9.17, 15) is 4.79 Å². The summed E-state index contributed by atoms with van der Waals surface area (Å²) >= 11 is 0. The van der Waals surface area contributed by atoms with Gasteiger partial charge in [0.05, 0.1) is 5.69 Å². The average Bonchev–Trinajstić information content (AvgIpc) is 2.97. The Morgan fingerprint density at radius 1 is 1.07 bits per heavy atom. The maximum absolute atomic E-state index is 12.4. The van der Waals surface area contributed by atoms with Crippen molar-refractivity contribution >= 4 is 17.4 Å². The van der Waals surface area contributed by atoms with E-state index in [-0.39, 0.29) is 5.91 Å². The molecule has 0 aliphatic rings. The first-order chi connectivity index (χ1) is 13.8. The summed E-state index contributed by atoms with van der Waals surface area (Å²) in [5.41, 5.74) is 6.18. The SMILES string of the molecule is Cc1ccc(NC(=O)CCc2c(C)nn(-c3cc(N(C)C)ncn3)c2C)cc1C. The highest BCUT2D eigenvalue weighted by Gasteiger charge is 2.16. The number of rotatable bonds is 6. The van der Waals surface area contributed by atoms with Gasteiger partial charge < -0.3 is 10.2 Å². The van der Waals surface area contributed by atoms with E-state index in [4.69, 9.17) is 0 Å². The summed E-state index contributed by atoms with van der Waals surface area (Å²) in [5.74, 6) is 1.53. The highest BCUT2D eigenvalue weighted by Crippen LogP contribution is 2.20. The zero-order valence-electron chi connectivity index (χ0n) is 17.9. The van der Waals surface area contributed by atoms with E-state index < -0.39 is 0 Å². The van der Waals surface area contributed by atoms with Gasteiger partial charge in [0, 0.05) is 38.0 Å². The van der Waals surface area contributed by atoms with Gasteiger partial charge in [0.1, 0.15) is 12.1 Å². The van der Waals surface area contributed by atoms with E-state index in [0.29, 0.717) is 12.8 Å². The maximum atomic E-state index is 12.4. The Morgan fingerprint density at radius 3 is 2.52 bits per heavy atom. The third-order valence-corrected chi connectivity index (χ3v) is 5.15. The van der Waals surface area contributed by atoms with E-state index in [1.54, 1.807) is 0 Å². The summed E-state index contributed by atoms with van der Waals surface area (Å²) in [6, 6.07) is 7.86. The van der Waals surface area contributed by atoms with Crippen molar-refractivity contribution in [1.82, 2.24) is 19.7 Å². The van der Waals surface area contributed by atoms with Crippen LogP contribution < -0.4 is 10.2 Å². The Bertz CT molecular complexity index is 1040. The topological polar surface area (TPSA) is 75.9 Å². The summed E-state index contributed by atoms with van der Waals surface area (Å²) in [5, 5.41) is 7.63. The zero-order valence-corrected chi connectivity index (χ0v) is 17.9. The lowest BCUT2D eigenvalue weighted by molar-refractivity contribution is -0.116. The van der Waals surface area contributed by atoms with Gasteiger partial charge in [-0.05, 0) is 62.9 Å². The molecule has 29 heavy (non-hydrogen) atoms. The van der Waals surface area contributed by atoms with Crippen LogP contribution in [0.4, 0.5) is 11.5 Å². The fourth-order valence-electron chi connectivity index (χ4n) is 3.24. The van der Waals surface area contributed by atoms with Crippen LogP contribution >= 0.6 is 0 Å². The van der Waals surface area contributed by atoms with E-state index in [2.05, 4.69) is 27.3 Å². The largest absolute Gasteiger partial charge is 0.363 e. The smallest absolute Gasteiger partial charge is 0.224 e. The Balaban J connectivity index is 1.72. The normalized spacial score (nSPS) is 10.8. The number of amides is 1. The molecule has 0 aliphatic carbocycles. The number of hydrogen-bond donors (Lipinski definition) is 1. The number of nitrogens with zero attached hydrogens (tertiary/aromatic N) is 5. The molecular formula is C22H28N6O. The van der Waals surface area contributed by atoms with Crippen molar-refractivity contribution in [3.8, 4) is 5.82 Å². The predicted molar refractivity (Wildman–Crippen MR) is 116 cm³/mol. The van der Waals surface area contributed by atoms with Gasteiger partial charge >= 0.3 is 0 Å². The van der Waals surface area contributed by atoms with Gasteiger partial charge in [-0.15, -0.1) is 0 Å². The first-order valence-corrected chi connectivity index (χ1v) is 9.68. The number of carbonyl (C=O) groups is 1. The molecule has 1 N–H and O–H groups in total. The van der Waals surface area contributed by atoms with E-state index in [0.717, 1.165) is 39.8 Å². The van der Waals surface area contributed by atoms with Gasteiger partial charge in [0.15, 0.2) is 5.82 Å². The van der Waals surface area contributed by atoms with E-state index in [1.165, 1.54) is 11.9 Å². The predicted octanol–water partition coefficient (Wildman–Crippen LogP) is 3.53. The number of benzene rings is 1. The molecule has 0 radical (unpaired) electrons. The Kier molecular flexibility index (Phi) is 5.96. The van der Waals surface area contributed by atoms with Crippen molar-refractivity contribution in [1.29, 1.82) is 0 Å². The number of aryl methyl sites for hydroxylation is 3. The molecule has 0 atom stereocenters. The van der Waals surface area contributed by atoms with Crippen LogP contribution in [0.1, 0.15) is 34.5 Å². The van der Waals surface area contributed by atoms with Crippen molar-refractivity contribution in [2.45, 2.75) is 40.5 Å². The molecule has 2 heterocycles. The van der Waals surface area contributed by atoms with Crippen LogP contribution in [0, 0.1) is 27.7 Å². The molecule has 152 valence electrons. The monoisotopic (exact) mass is 392 g/mol. The molecule has 2 aromatic heterocycles. The lowest BCUT2D eigenvalue weighted by atomic mass is 10.1. The van der Waals surface area contributed by atoms with Gasteiger partial charge in [-0.2, -0.15) is 5.10 Å². The molecule has 0 spiro atoms. The summed E-state index contributed by atoms with van der Waals surface area (Å²) in [6.07, 6.45) is 2.56. The highest BCUT2D eigenvalue weighted by atomic mass is 16.1. The minimum atomic E-state index is -0.00302. The molecule has 0 saturated heterocycles. The van der Waals surface area contributed by atoms with Crippen LogP contribution in [-0.2, 0) is 11.2 Å². The average molecular weight is 393 g/mol. The second kappa shape index (κ2) is 8.43.